The van der Waals surface area contributed by atoms with Crippen LogP contribution in [0.5, 0.6) is 0 Å². The number of aromatic nitrogens is 1. The molecule has 0 spiro atoms. The molecule has 0 aliphatic heterocycles. The quantitative estimate of drug-likeness (QED) is 0.841. The number of carboxylic acid groups (broad SMARTS) is 1. The zero-order valence-electron chi connectivity index (χ0n) is 15.0. The topological polar surface area (TPSA) is 88.5 Å². The van der Waals surface area contributed by atoms with Crippen LogP contribution in [0.1, 0.15) is 36.8 Å². The molecule has 0 saturated carbocycles. The summed E-state index contributed by atoms with van der Waals surface area (Å²) in [4.78, 5) is 28.1. The van der Waals surface area contributed by atoms with Gasteiger partial charge in [-0.2, -0.15) is 0 Å². The van der Waals surface area contributed by atoms with Gasteiger partial charge in [0.2, 0.25) is 0 Å². The van der Waals surface area contributed by atoms with Crippen molar-refractivity contribution in [2.75, 3.05) is 5.32 Å². The van der Waals surface area contributed by atoms with Crippen LogP contribution in [-0.2, 0) is 16.0 Å². The van der Waals surface area contributed by atoms with Gasteiger partial charge < -0.3 is 9.84 Å². The highest BCUT2D eigenvalue weighted by molar-refractivity contribution is 7.16. The van der Waals surface area contributed by atoms with E-state index in [1.165, 1.54) is 0 Å². The van der Waals surface area contributed by atoms with Gasteiger partial charge in [0.15, 0.2) is 5.13 Å². The van der Waals surface area contributed by atoms with Crippen molar-refractivity contribution in [2.24, 2.45) is 0 Å². The van der Waals surface area contributed by atoms with E-state index >= 15 is 0 Å². The molecule has 134 valence electrons. The summed E-state index contributed by atoms with van der Waals surface area (Å²) in [6.45, 7) is 9.30. The van der Waals surface area contributed by atoms with E-state index < -0.39 is 17.7 Å². The Hall–Kier alpha value is -2.41. The number of aliphatic carboxylic acids is 1. The maximum atomic E-state index is 11.9. The molecular formula is C18H22N2O4S. The molecule has 25 heavy (non-hydrogen) atoms. The molecule has 1 aromatic carbocycles. The van der Waals surface area contributed by atoms with Crippen LogP contribution in [0.3, 0.4) is 0 Å². The summed E-state index contributed by atoms with van der Waals surface area (Å²) in [5, 5.41) is 12.0. The van der Waals surface area contributed by atoms with Gasteiger partial charge in [0.1, 0.15) is 5.60 Å². The number of hydrogen-bond acceptors (Lipinski definition) is 5. The van der Waals surface area contributed by atoms with E-state index in [2.05, 4.69) is 10.3 Å². The molecule has 0 unspecified atom stereocenters. The van der Waals surface area contributed by atoms with Crippen molar-refractivity contribution in [3.63, 3.8) is 0 Å². The molecule has 7 heteroatoms. The lowest BCUT2D eigenvalue weighted by Crippen LogP contribution is -2.27. The molecule has 1 aromatic heterocycles. The third-order valence-corrected chi connectivity index (χ3v) is 4.37. The Morgan fingerprint density at radius 3 is 2.48 bits per heavy atom. The number of ether oxygens (including phenoxy) is 1. The Morgan fingerprint density at radius 1 is 1.24 bits per heavy atom. The average molecular weight is 362 g/mol. The number of benzene rings is 1. The van der Waals surface area contributed by atoms with Crippen molar-refractivity contribution in [1.29, 1.82) is 0 Å². The minimum Gasteiger partial charge on any atom is -0.481 e. The average Bonchev–Trinajstić information content (AvgIpc) is 2.81. The molecular weight excluding hydrogens is 340 g/mol. The first-order valence-corrected chi connectivity index (χ1v) is 8.66. The first-order chi connectivity index (χ1) is 11.5. The predicted molar refractivity (Wildman–Crippen MR) is 98.2 cm³/mol. The van der Waals surface area contributed by atoms with Gasteiger partial charge in [-0.25, -0.2) is 9.78 Å². The van der Waals surface area contributed by atoms with E-state index in [1.807, 2.05) is 32.0 Å². The smallest absolute Gasteiger partial charge is 0.413 e. The fourth-order valence-corrected chi connectivity index (χ4v) is 3.13. The molecule has 1 heterocycles. The molecule has 1 amide bonds. The molecule has 0 atom stereocenters. The van der Waals surface area contributed by atoms with Gasteiger partial charge in [-0.1, -0.05) is 12.1 Å². The highest BCUT2D eigenvalue weighted by Gasteiger charge is 2.20. The second kappa shape index (κ2) is 7.23. The summed E-state index contributed by atoms with van der Waals surface area (Å²) in [6, 6.07) is 5.84. The van der Waals surface area contributed by atoms with Crippen molar-refractivity contribution in [2.45, 2.75) is 46.6 Å². The maximum absolute atomic E-state index is 11.9. The molecule has 0 bridgehead atoms. The molecule has 2 rings (SSSR count). The molecule has 0 aliphatic carbocycles. The number of rotatable bonds is 4. The molecule has 0 radical (unpaired) electrons. The van der Waals surface area contributed by atoms with Crippen molar-refractivity contribution in [3.05, 3.63) is 34.2 Å². The number of hydrogen-bond donors (Lipinski definition) is 2. The molecule has 6 nitrogen and oxygen atoms in total. The van der Waals surface area contributed by atoms with Crippen LogP contribution in [0.4, 0.5) is 9.93 Å². The van der Waals surface area contributed by atoms with E-state index in [-0.39, 0.29) is 6.42 Å². The Morgan fingerprint density at radius 2 is 1.92 bits per heavy atom. The van der Waals surface area contributed by atoms with Crippen LogP contribution < -0.4 is 5.32 Å². The van der Waals surface area contributed by atoms with Gasteiger partial charge >= 0.3 is 12.1 Å². The molecule has 0 saturated heterocycles. The minimum absolute atomic E-state index is 0.157. The Labute approximate surface area is 150 Å². The zero-order chi connectivity index (χ0) is 18.8. The number of aryl methyl sites for hydroxylation is 2. The minimum atomic E-state index is -0.947. The van der Waals surface area contributed by atoms with Gasteiger partial charge in [-0.05, 0) is 51.8 Å². The van der Waals surface area contributed by atoms with E-state index in [1.54, 1.807) is 20.8 Å². The number of nitrogens with one attached hydrogen (secondary N) is 1. The highest BCUT2D eigenvalue weighted by atomic mass is 32.1. The van der Waals surface area contributed by atoms with E-state index in [0.29, 0.717) is 15.7 Å². The van der Waals surface area contributed by atoms with Crippen molar-refractivity contribution in [1.82, 2.24) is 4.98 Å². The first-order valence-electron chi connectivity index (χ1n) is 7.84. The molecule has 2 aromatic rings. The lowest BCUT2D eigenvalue weighted by atomic mass is 10.0. The van der Waals surface area contributed by atoms with Crippen LogP contribution in [0.15, 0.2) is 18.2 Å². The summed E-state index contributed by atoms with van der Waals surface area (Å²) < 4.78 is 5.21. The number of carbonyl (C=O) groups is 2. The summed E-state index contributed by atoms with van der Waals surface area (Å²) in [7, 11) is 0. The number of nitrogens with zero attached hydrogens (tertiary/aromatic N) is 1. The summed E-state index contributed by atoms with van der Waals surface area (Å²) >= 11 is 1.14. The summed E-state index contributed by atoms with van der Waals surface area (Å²) in [5.41, 5.74) is 3.01. The number of carbonyl (C=O) groups excluding carboxylic acids is 1. The third kappa shape index (κ3) is 5.29. The van der Waals surface area contributed by atoms with Crippen LogP contribution >= 0.6 is 11.3 Å². The van der Waals surface area contributed by atoms with Crippen LogP contribution in [0.25, 0.3) is 11.3 Å². The number of amides is 1. The number of anilines is 1. The largest absolute Gasteiger partial charge is 0.481 e. The Bertz CT molecular complexity index is 806. The van der Waals surface area contributed by atoms with Gasteiger partial charge in [-0.15, -0.1) is 11.3 Å². The van der Waals surface area contributed by atoms with Crippen molar-refractivity contribution in [3.8, 4) is 11.3 Å². The summed E-state index contributed by atoms with van der Waals surface area (Å²) in [6.07, 6.45) is -0.773. The van der Waals surface area contributed by atoms with Crippen LogP contribution in [0, 0.1) is 13.8 Å². The third-order valence-electron chi connectivity index (χ3n) is 3.40. The van der Waals surface area contributed by atoms with Crippen LogP contribution in [0.2, 0.25) is 0 Å². The molecule has 0 fully saturated rings. The van der Waals surface area contributed by atoms with Crippen LogP contribution in [-0.4, -0.2) is 27.8 Å². The second-order valence-electron chi connectivity index (χ2n) is 6.79. The van der Waals surface area contributed by atoms with E-state index in [9.17, 15) is 9.59 Å². The van der Waals surface area contributed by atoms with Gasteiger partial charge in [0, 0.05) is 10.4 Å². The number of thiazole rings is 1. The SMILES string of the molecule is Cc1ccc(-c2nc(NC(=O)OC(C)(C)C)sc2CC(=O)O)cc1C. The monoisotopic (exact) mass is 362 g/mol. The van der Waals surface area contributed by atoms with Gasteiger partial charge in [0.05, 0.1) is 12.1 Å². The fourth-order valence-electron chi connectivity index (χ4n) is 2.17. The van der Waals surface area contributed by atoms with E-state index in [0.717, 1.165) is 28.0 Å². The molecule has 2 N–H and O–H groups in total. The maximum Gasteiger partial charge on any atom is 0.413 e. The lowest BCUT2D eigenvalue weighted by Gasteiger charge is -2.18. The van der Waals surface area contributed by atoms with E-state index in [4.69, 9.17) is 9.84 Å². The second-order valence-corrected chi connectivity index (χ2v) is 7.87. The Balaban J connectivity index is 2.35. The van der Waals surface area contributed by atoms with Gasteiger partial charge in [0.25, 0.3) is 0 Å². The number of carboxylic acids is 1. The zero-order valence-corrected chi connectivity index (χ0v) is 15.8. The highest BCUT2D eigenvalue weighted by Crippen LogP contribution is 2.32. The summed E-state index contributed by atoms with van der Waals surface area (Å²) in [5.74, 6) is -0.947. The van der Waals surface area contributed by atoms with Crippen molar-refractivity contribution < 1.29 is 19.4 Å². The fraction of sp³-hybridized carbons (Fsp3) is 0.389. The lowest BCUT2D eigenvalue weighted by molar-refractivity contribution is -0.136. The standard InChI is InChI=1S/C18H22N2O4S/c1-10-6-7-12(8-11(10)2)15-13(9-14(21)22)25-16(19-15)20-17(23)24-18(3,4)5/h6-8H,9H2,1-5H3,(H,21,22)(H,19,20,23). The van der Waals surface area contributed by atoms with Gasteiger partial charge in [-0.3, -0.25) is 10.1 Å². The normalized spacial score (nSPS) is 11.2. The van der Waals surface area contributed by atoms with Crippen molar-refractivity contribution >= 4 is 28.5 Å². The molecule has 0 aliphatic rings. The Kier molecular flexibility index (Phi) is 5.47. The first kappa shape index (κ1) is 18.9. The predicted octanol–water partition coefficient (Wildman–Crippen LogP) is 4.40.